The van der Waals surface area contributed by atoms with Crippen molar-refractivity contribution in [2.24, 2.45) is 47.3 Å². The highest BCUT2D eigenvalue weighted by atomic mass is 19.1. The Morgan fingerprint density at radius 1 is 1.14 bits per heavy atom. The summed E-state index contributed by atoms with van der Waals surface area (Å²) in [5.41, 5.74) is 1.05. The van der Waals surface area contributed by atoms with E-state index in [4.69, 9.17) is 0 Å². The van der Waals surface area contributed by atoms with Crippen molar-refractivity contribution in [2.75, 3.05) is 7.05 Å². The van der Waals surface area contributed by atoms with Crippen LogP contribution in [0, 0.1) is 53.2 Å². The van der Waals surface area contributed by atoms with Gasteiger partial charge in [0.15, 0.2) is 0 Å². The zero-order valence-electron chi connectivity index (χ0n) is 12.7. The minimum absolute atomic E-state index is 0.153. The smallest absolute Gasteiger partial charge is 0.140 e. The lowest BCUT2D eigenvalue weighted by Crippen LogP contribution is -2.54. The molecule has 9 atom stereocenters. The van der Waals surface area contributed by atoms with Crippen molar-refractivity contribution in [1.29, 1.82) is 0 Å². The number of hydrogen-bond donors (Lipinski definition) is 0. The fourth-order valence-electron chi connectivity index (χ4n) is 7.73. The van der Waals surface area contributed by atoms with Gasteiger partial charge in [0.25, 0.3) is 0 Å². The summed E-state index contributed by atoms with van der Waals surface area (Å²) in [6.07, 6.45) is 1.33. The van der Waals surface area contributed by atoms with Crippen molar-refractivity contribution in [2.45, 2.75) is 19.0 Å². The summed E-state index contributed by atoms with van der Waals surface area (Å²) in [6, 6.07) is 7.52. The topological polar surface area (TPSA) is 20.3 Å². The molecule has 114 valence electrons. The predicted molar refractivity (Wildman–Crippen MR) is 79.2 cm³/mol. The van der Waals surface area contributed by atoms with Crippen LogP contribution in [0.15, 0.2) is 24.3 Å². The third-order valence-corrected chi connectivity index (χ3v) is 7.90. The third kappa shape index (κ3) is 1.12. The van der Waals surface area contributed by atoms with Gasteiger partial charge in [-0.1, -0.05) is 12.1 Å². The molecular formula is C19H20FNO. The Morgan fingerprint density at radius 3 is 2.82 bits per heavy atom. The van der Waals surface area contributed by atoms with Crippen LogP contribution < -0.4 is 0 Å². The molecule has 5 fully saturated rings. The standard InChI is InChI=1S/C19H20FNO/c1-21(7-8-3-2-4-9(20)5-8)18-14-10-6-11-13-12(10)16(18)17(13)19(22)15(11)14/h2-5,10-18H,6-7H2,1H3/t10-,11+,12-,13-,14+,15-,16+,17+,18-/m0/s1. The van der Waals surface area contributed by atoms with E-state index in [1.165, 1.54) is 12.5 Å². The van der Waals surface area contributed by atoms with Gasteiger partial charge in [-0.05, 0) is 66.7 Å². The first-order valence-electron chi connectivity index (χ1n) is 8.65. The highest BCUT2D eigenvalue weighted by Gasteiger charge is 2.83. The molecule has 0 heterocycles. The average Bonchev–Trinajstić information content (AvgIpc) is 2.97. The fraction of sp³-hybridized carbons (Fsp3) is 0.632. The van der Waals surface area contributed by atoms with E-state index in [0.717, 1.165) is 35.8 Å². The number of hydrogen-bond acceptors (Lipinski definition) is 2. The number of benzene rings is 1. The van der Waals surface area contributed by atoms with Gasteiger partial charge < -0.3 is 0 Å². The summed E-state index contributed by atoms with van der Waals surface area (Å²) in [4.78, 5) is 15.0. The van der Waals surface area contributed by atoms with E-state index in [-0.39, 0.29) is 5.82 Å². The molecule has 3 heteroatoms. The van der Waals surface area contributed by atoms with Crippen LogP contribution in [0.1, 0.15) is 12.0 Å². The van der Waals surface area contributed by atoms with Crippen LogP contribution in [-0.4, -0.2) is 23.8 Å². The van der Waals surface area contributed by atoms with Crippen LogP contribution >= 0.6 is 0 Å². The Morgan fingerprint density at radius 2 is 2.00 bits per heavy atom. The first-order chi connectivity index (χ1) is 10.7. The van der Waals surface area contributed by atoms with E-state index >= 15 is 0 Å². The van der Waals surface area contributed by atoms with Crippen LogP contribution in [0.4, 0.5) is 4.39 Å². The number of halogens is 1. The second kappa shape index (κ2) is 3.64. The second-order valence-electron chi connectivity index (χ2n) is 8.36. The lowest BCUT2D eigenvalue weighted by Gasteiger charge is -2.48. The summed E-state index contributed by atoms with van der Waals surface area (Å²) in [7, 11) is 2.19. The first-order valence-corrected chi connectivity index (χ1v) is 8.65. The molecule has 1 aromatic rings. The van der Waals surface area contributed by atoms with Crippen molar-refractivity contribution in [3.8, 4) is 0 Å². The zero-order valence-corrected chi connectivity index (χ0v) is 12.7. The molecule has 22 heavy (non-hydrogen) atoms. The largest absolute Gasteiger partial charge is 0.299 e. The van der Waals surface area contributed by atoms with Gasteiger partial charge in [0, 0.05) is 24.4 Å². The normalized spacial score (nSPS) is 52.1. The van der Waals surface area contributed by atoms with E-state index in [1.807, 2.05) is 6.07 Å². The summed E-state index contributed by atoms with van der Waals surface area (Å²) < 4.78 is 13.4. The van der Waals surface area contributed by atoms with Crippen molar-refractivity contribution in [3.05, 3.63) is 35.6 Å². The minimum atomic E-state index is -0.153. The molecule has 0 saturated heterocycles. The van der Waals surface area contributed by atoms with E-state index < -0.39 is 0 Å². The van der Waals surface area contributed by atoms with E-state index in [0.29, 0.717) is 35.5 Å². The summed E-state index contributed by atoms with van der Waals surface area (Å²) >= 11 is 0. The SMILES string of the molecule is CN(Cc1cccc(F)c1)[C@H]1[C@@H]2[C@H]3C[C@H]4[C@@H]2C(=O)[C@@H]2[C@@H]4[C@H]3[C@H]21. The van der Waals surface area contributed by atoms with Crippen LogP contribution in [0.2, 0.25) is 0 Å². The molecule has 0 aliphatic heterocycles. The van der Waals surface area contributed by atoms with Crippen molar-refractivity contribution in [3.63, 3.8) is 0 Å². The maximum absolute atomic E-state index is 13.4. The van der Waals surface area contributed by atoms with Crippen molar-refractivity contribution >= 4 is 5.78 Å². The maximum Gasteiger partial charge on any atom is 0.140 e. The van der Waals surface area contributed by atoms with Gasteiger partial charge in [-0.25, -0.2) is 4.39 Å². The Kier molecular flexibility index (Phi) is 2.02. The molecule has 5 aliphatic rings. The highest BCUT2D eigenvalue weighted by Crippen LogP contribution is 2.82. The number of carbonyl (C=O) groups excluding carboxylic acids is 1. The molecule has 1 aromatic carbocycles. The molecule has 0 spiro atoms. The van der Waals surface area contributed by atoms with Crippen molar-refractivity contribution < 1.29 is 9.18 Å². The van der Waals surface area contributed by atoms with Gasteiger partial charge in [-0.2, -0.15) is 0 Å². The summed E-state index contributed by atoms with van der Waals surface area (Å²) in [5.74, 6) is 5.65. The number of fused-ring (bicyclic) bond motifs is 2. The minimum Gasteiger partial charge on any atom is -0.299 e. The summed E-state index contributed by atoms with van der Waals surface area (Å²) in [5, 5.41) is 0. The fourth-order valence-corrected chi connectivity index (χ4v) is 7.73. The second-order valence-corrected chi connectivity index (χ2v) is 8.36. The molecule has 0 N–H and O–H groups in total. The van der Waals surface area contributed by atoms with Gasteiger partial charge in [0.2, 0.25) is 0 Å². The Bertz CT molecular complexity index is 702. The lowest BCUT2D eigenvalue weighted by atomic mass is 9.58. The van der Waals surface area contributed by atoms with Crippen LogP contribution in [0.5, 0.6) is 0 Å². The van der Waals surface area contributed by atoms with Crippen LogP contribution in [-0.2, 0) is 11.3 Å². The number of Topliss-reactive ketones (excluding diaryl/α,β-unsaturated/α-hetero) is 1. The molecule has 0 radical (unpaired) electrons. The van der Waals surface area contributed by atoms with Gasteiger partial charge in [0.1, 0.15) is 11.6 Å². The molecule has 2 nitrogen and oxygen atoms in total. The van der Waals surface area contributed by atoms with Crippen LogP contribution in [0.3, 0.4) is 0 Å². The van der Waals surface area contributed by atoms with Gasteiger partial charge in [-0.3, -0.25) is 9.69 Å². The summed E-state index contributed by atoms with van der Waals surface area (Å²) in [6.45, 7) is 0.803. The van der Waals surface area contributed by atoms with E-state index in [9.17, 15) is 9.18 Å². The quantitative estimate of drug-likeness (QED) is 0.854. The molecule has 5 aliphatic carbocycles. The molecule has 0 amide bonds. The predicted octanol–water partition coefficient (Wildman–Crippen LogP) is 2.58. The average molecular weight is 297 g/mol. The van der Waals surface area contributed by atoms with E-state index in [2.05, 4.69) is 11.9 Å². The highest BCUT2D eigenvalue weighted by molar-refractivity contribution is 5.91. The Balaban J connectivity index is 1.33. The van der Waals surface area contributed by atoms with Gasteiger partial charge >= 0.3 is 0 Å². The van der Waals surface area contributed by atoms with Crippen molar-refractivity contribution in [1.82, 2.24) is 4.90 Å². The number of nitrogens with zero attached hydrogens (tertiary/aromatic N) is 1. The Labute approximate surface area is 129 Å². The van der Waals surface area contributed by atoms with Crippen LogP contribution in [0.25, 0.3) is 0 Å². The third-order valence-electron chi connectivity index (χ3n) is 7.90. The maximum atomic E-state index is 13.4. The monoisotopic (exact) mass is 297 g/mol. The molecular weight excluding hydrogens is 277 g/mol. The number of ketones is 1. The molecule has 0 unspecified atom stereocenters. The molecule has 0 aromatic heterocycles. The lowest BCUT2D eigenvalue weighted by molar-refractivity contribution is -0.137. The number of rotatable bonds is 3. The Hall–Kier alpha value is -1.22. The van der Waals surface area contributed by atoms with Gasteiger partial charge in [0.05, 0.1) is 0 Å². The first kappa shape index (κ1) is 12.2. The molecule has 2 bridgehead atoms. The van der Waals surface area contributed by atoms with E-state index in [1.54, 1.807) is 12.1 Å². The van der Waals surface area contributed by atoms with Gasteiger partial charge in [-0.15, -0.1) is 0 Å². The molecule has 6 rings (SSSR count). The zero-order chi connectivity index (χ0) is 14.7. The molecule has 5 saturated carbocycles. The number of carbonyl (C=O) groups is 1.